The van der Waals surface area contributed by atoms with Crippen molar-refractivity contribution in [1.29, 1.82) is 0 Å². The molecule has 8 heteroatoms. The summed E-state index contributed by atoms with van der Waals surface area (Å²) in [6.45, 7) is 1.80. The fourth-order valence-electron chi connectivity index (χ4n) is 2.18. The van der Waals surface area contributed by atoms with Crippen LogP contribution in [-0.2, 0) is 4.74 Å². The number of hydrogen-bond donors (Lipinski definition) is 1. The average Bonchev–Trinajstić information content (AvgIpc) is 2.88. The number of esters is 1. The molecular weight excluding hydrogens is 369 g/mol. The molecule has 0 saturated heterocycles. The third-order valence-electron chi connectivity index (χ3n) is 3.15. The van der Waals surface area contributed by atoms with E-state index in [1.54, 1.807) is 13.0 Å². The first kappa shape index (κ1) is 15.4. The van der Waals surface area contributed by atoms with Gasteiger partial charge in [0.1, 0.15) is 22.8 Å². The predicted molar refractivity (Wildman–Crippen MR) is 84.1 cm³/mol. The Balaban J connectivity index is 2.33. The second kappa shape index (κ2) is 5.96. The smallest absolute Gasteiger partial charge is 0.359 e. The molecule has 2 heterocycles. The molecule has 0 unspecified atom stereocenters. The lowest BCUT2D eigenvalue weighted by Gasteiger charge is -2.08. The van der Waals surface area contributed by atoms with Crippen molar-refractivity contribution in [1.82, 2.24) is 14.8 Å². The maximum atomic E-state index is 14.3. The van der Waals surface area contributed by atoms with Crippen LogP contribution in [0.4, 0.5) is 4.39 Å². The predicted octanol–water partition coefficient (Wildman–Crippen LogP) is 3.20. The van der Waals surface area contributed by atoms with E-state index in [4.69, 9.17) is 4.74 Å². The lowest BCUT2D eigenvalue weighted by atomic mass is 10.2. The van der Waals surface area contributed by atoms with E-state index in [1.165, 1.54) is 24.4 Å². The Labute approximate surface area is 138 Å². The highest BCUT2D eigenvalue weighted by molar-refractivity contribution is 9.10. The first-order valence-electron chi connectivity index (χ1n) is 6.72. The van der Waals surface area contributed by atoms with Gasteiger partial charge in [0.2, 0.25) is 0 Å². The van der Waals surface area contributed by atoms with Crippen LogP contribution in [-0.4, -0.2) is 32.4 Å². The molecule has 0 aliphatic heterocycles. The molecule has 1 aromatic carbocycles. The summed E-state index contributed by atoms with van der Waals surface area (Å²) < 4.78 is 20.9. The Hall–Kier alpha value is -2.48. The number of pyridine rings is 1. The maximum Gasteiger partial charge on any atom is 0.359 e. The normalized spacial score (nSPS) is 10.9. The minimum atomic E-state index is -0.699. The van der Waals surface area contributed by atoms with Crippen molar-refractivity contribution in [3.05, 3.63) is 46.4 Å². The highest BCUT2D eigenvalue weighted by atomic mass is 79.9. The van der Waals surface area contributed by atoms with Gasteiger partial charge in [0.25, 0.3) is 0 Å². The number of nitrogens with zero attached hydrogens (tertiary/aromatic N) is 3. The van der Waals surface area contributed by atoms with E-state index in [9.17, 15) is 14.3 Å². The first-order valence-corrected chi connectivity index (χ1v) is 7.51. The van der Waals surface area contributed by atoms with Crippen LogP contribution >= 0.6 is 15.9 Å². The quantitative estimate of drug-likeness (QED) is 0.707. The number of hydrogen-bond acceptors (Lipinski definition) is 5. The van der Waals surface area contributed by atoms with Crippen LogP contribution < -0.4 is 0 Å². The van der Waals surface area contributed by atoms with Crippen molar-refractivity contribution < 1.29 is 19.0 Å². The van der Waals surface area contributed by atoms with Gasteiger partial charge in [-0.1, -0.05) is 15.9 Å². The summed E-state index contributed by atoms with van der Waals surface area (Å²) in [5.41, 5.74) is 0.247. The molecule has 1 N–H and O–H groups in total. The minimum Gasteiger partial charge on any atom is -0.505 e. The van der Waals surface area contributed by atoms with Crippen molar-refractivity contribution in [2.45, 2.75) is 6.92 Å². The molecule has 118 valence electrons. The second-order valence-electron chi connectivity index (χ2n) is 4.60. The van der Waals surface area contributed by atoms with Gasteiger partial charge in [-0.2, -0.15) is 5.10 Å². The summed E-state index contributed by atoms with van der Waals surface area (Å²) in [6.07, 6.45) is 1.34. The van der Waals surface area contributed by atoms with Crippen molar-refractivity contribution in [2.24, 2.45) is 0 Å². The molecule has 6 nitrogen and oxygen atoms in total. The number of carbonyl (C=O) groups excluding carboxylic acids is 1. The van der Waals surface area contributed by atoms with Gasteiger partial charge in [-0.05, 0) is 25.1 Å². The van der Waals surface area contributed by atoms with E-state index in [-0.39, 0.29) is 34.8 Å². The van der Waals surface area contributed by atoms with Crippen molar-refractivity contribution in [3.8, 4) is 11.4 Å². The number of ether oxygens (including phenoxy) is 1. The lowest BCUT2D eigenvalue weighted by Crippen LogP contribution is -2.13. The Morgan fingerprint density at radius 2 is 2.17 bits per heavy atom. The van der Waals surface area contributed by atoms with E-state index in [1.807, 2.05) is 0 Å². The van der Waals surface area contributed by atoms with Gasteiger partial charge in [-0.3, -0.25) is 4.98 Å². The Kier molecular flexibility index (Phi) is 3.99. The standard InChI is InChI=1S/C15H11BrFN3O3/c1-2-23-15(22)14-13-12(11(21)5-6-18-13)19-20(14)10-4-3-8(16)7-9(10)17/h3-7,21H,2H2,1H3. The van der Waals surface area contributed by atoms with Gasteiger partial charge in [0.05, 0.1) is 6.61 Å². The van der Waals surface area contributed by atoms with Gasteiger partial charge in [-0.25, -0.2) is 13.9 Å². The summed E-state index contributed by atoms with van der Waals surface area (Å²) in [6, 6.07) is 5.68. The fraction of sp³-hybridized carbons (Fsp3) is 0.133. The molecule has 0 spiro atoms. The largest absolute Gasteiger partial charge is 0.505 e. The summed E-state index contributed by atoms with van der Waals surface area (Å²) in [5, 5.41) is 14.0. The first-order chi connectivity index (χ1) is 11.0. The van der Waals surface area contributed by atoms with E-state index in [2.05, 4.69) is 26.0 Å². The fourth-order valence-corrected chi connectivity index (χ4v) is 2.51. The third-order valence-corrected chi connectivity index (χ3v) is 3.64. The zero-order chi connectivity index (χ0) is 16.6. The van der Waals surface area contributed by atoms with Crippen molar-refractivity contribution in [3.63, 3.8) is 0 Å². The van der Waals surface area contributed by atoms with Gasteiger partial charge >= 0.3 is 5.97 Å². The highest BCUT2D eigenvalue weighted by Gasteiger charge is 2.25. The number of halogens is 2. The Morgan fingerprint density at radius 3 is 2.87 bits per heavy atom. The van der Waals surface area contributed by atoms with Crippen LogP contribution in [0.1, 0.15) is 17.4 Å². The summed E-state index contributed by atoms with van der Waals surface area (Å²) in [4.78, 5) is 16.3. The molecule has 0 aliphatic rings. The molecule has 0 bridgehead atoms. The summed E-state index contributed by atoms with van der Waals surface area (Å²) in [5.74, 6) is -1.44. The zero-order valence-corrected chi connectivity index (χ0v) is 13.5. The lowest BCUT2D eigenvalue weighted by molar-refractivity contribution is 0.0517. The van der Waals surface area contributed by atoms with Gasteiger partial charge < -0.3 is 9.84 Å². The molecule has 2 aromatic heterocycles. The molecular formula is C15H11BrFN3O3. The molecule has 0 atom stereocenters. The summed E-state index contributed by atoms with van der Waals surface area (Å²) >= 11 is 3.17. The maximum absolute atomic E-state index is 14.3. The molecule has 3 rings (SSSR count). The number of fused-ring (bicyclic) bond motifs is 1. The van der Waals surface area contributed by atoms with E-state index in [0.29, 0.717) is 4.47 Å². The Morgan fingerprint density at radius 1 is 1.39 bits per heavy atom. The van der Waals surface area contributed by atoms with E-state index >= 15 is 0 Å². The van der Waals surface area contributed by atoms with Gasteiger partial charge in [0.15, 0.2) is 11.2 Å². The van der Waals surface area contributed by atoms with Gasteiger partial charge in [0, 0.05) is 16.7 Å². The topological polar surface area (TPSA) is 77.2 Å². The number of aromatic nitrogens is 3. The van der Waals surface area contributed by atoms with Crippen LogP contribution in [0, 0.1) is 5.82 Å². The number of rotatable bonds is 3. The molecule has 3 aromatic rings. The van der Waals surface area contributed by atoms with Crippen molar-refractivity contribution >= 4 is 32.9 Å². The monoisotopic (exact) mass is 379 g/mol. The SMILES string of the molecule is CCOC(=O)c1c2nccc(O)c2nn1-c1ccc(Br)cc1F. The average molecular weight is 380 g/mol. The molecule has 0 fully saturated rings. The van der Waals surface area contributed by atoms with Crippen LogP contribution in [0.2, 0.25) is 0 Å². The highest BCUT2D eigenvalue weighted by Crippen LogP contribution is 2.28. The second-order valence-corrected chi connectivity index (χ2v) is 5.52. The van der Waals surface area contributed by atoms with E-state index < -0.39 is 11.8 Å². The number of benzene rings is 1. The summed E-state index contributed by atoms with van der Waals surface area (Å²) in [7, 11) is 0. The molecule has 0 radical (unpaired) electrons. The van der Waals surface area contributed by atoms with E-state index in [0.717, 1.165) is 4.68 Å². The van der Waals surface area contributed by atoms with Crippen LogP contribution in [0.5, 0.6) is 5.75 Å². The molecule has 0 aliphatic carbocycles. The Bertz CT molecular complexity index is 910. The third kappa shape index (κ3) is 2.65. The molecule has 0 amide bonds. The van der Waals surface area contributed by atoms with Crippen LogP contribution in [0.3, 0.4) is 0 Å². The van der Waals surface area contributed by atoms with Crippen molar-refractivity contribution in [2.75, 3.05) is 6.61 Å². The number of aromatic hydroxyl groups is 1. The minimum absolute atomic E-state index is 0.0426. The van der Waals surface area contributed by atoms with Crippen LogP contribution in [0.25, 0.3) is 16.7 Å². The zero-order valence-electron chi connectivity index (χ0n) is 12.0. The molecule has 23 heavy (non-hydrogen) atoms. The molecule has 0 saturated carbocycles. The number of carbonyl (C=O) groups is 1. The van der Waals surface area contributed by atoms with Gasteiger partial charge in [-0.15, -0.1) is 0 Å². The van der Waals surface area contributed by atoms with Crippen LogP contribution in [0.15, 0.2) is 34.9 Å².